The van der Waals surface area contributed by atoms with E-state index in [1.165, 1.54) is 38.4 Å². The number of amides is 1. The van der Waals surface area contributed by atoms with Gasteiger partial charge in [-0.1, -0.05) is 23.2 Å². The van der Waals surface area contributed by atoms with Crippen LogP contribution in [0.2, 0.25) is 10.0 Å². The third kappa shape index (κ3) is 4.59. The van der Waals surface area contributed by atoms with Crippen LogP contribution in [-0.2, 0) is 9.53 Å². The standard InChI is InChI=1S/C16H14Cl2N2O4/c1-9(15(21)20-13-7-11(17)4-5-12(13)18)24-16(22)10-3-6-14(23-2)19-8-10/h3-9H,1-2H3,(H,20,21). The molecule has 24 heavy (non-hydrogen) atoms. The van der Waals surface area contributed by atoms with Crippen LogP contribution < -0.4 is 10.1 Å². The van der Waals surface area contributed by atoms with E-state index in [1.54, 1.807) is 12.1 Å². The molecule has 1 amide bonds. The fourth-order valence-electron chi connectivity index (χ4n) is 1.73. The van der Waals surface area contributed by atoms with E-state index in [9.17, 15) is 9.59 Å². The van der Waals surface area contributed by atoms with Crippen molar-refractivity contribution in [1.82, 2.24) is 4.98 Å². The third-order valence-electron chi connectivity index (χ3n) is 3.02. The summed E-state index contributed by atoms with van der Waals surface area (Å²) in [5.41, 5.74) is 0.541. The maximum Gasteiger partial charge on any atom is 0.340 e. The first-order valence-electron chi connectivity index (χ1n) is 6.87. The Balaban J connectivity index is 1.99. The van der Waals surface area contributed by atoms with Gasteiger partial charge in [0.15, 0.2) is 6.10 Å². The number of halogens is 2. The van der Waals surface area contributed by atoms with Gasteiger partial charge in [-0.15, -0.1) is 0 Å². The van der Waals surface area contributed by atoms with Crippen LogP contribution in [0, 0.1) is 0 Å². The number of esters is 1. The van der Waals surface area contributed by atoms with Gasteiger partial charge < -0.3 is 14.8 Å². The number of aromatic nitrogens is 1. The lowest BCUT2D eigenvalue weighted by Gasteiger charge is -2.14. The van der Waals surface area contributed by atoms with Gasteiger partial charge in [0.05, 0.1) is 23.4 Å². The summed E-state index contributed by atoms with van der Waals surface area (Å²) in [7, 11) is 1.47. The van der Waals surface area contributed by atoms with E-state index in [-0.39, 0.29) is 5.56 Å². The predicted octanol–water partition coefficient (Wildman–Crippen LogP) is 3.58. The van der Waals surface area contributed by atoms with E-state index >= 15 is 0 Å². The molecule has 1 aromatic heterocycles. The van der Waals surface area contributed by atoms with Crippen molar-refractivity contribution in [3.05, 3.63) is 52.1 Å². The number of methoxy groups -OCH3 is 1. The molecule has 0 aliphatic heterocycles. The second kappa shape index (κ2) is 7.99. The van der Waals surface area contributed by atoms with Crippen molar-refractivity contribution in [3.8, 4) is 5.88 Å². The zero-order valence-corrected chi connectivity index (χ0v) is 14.4. The number of pyridine rings is 1. The molecule has 1 N–H and O–H groups in total. The lowest BCUT2D eigenvalue weighted by Crippen LogP contribution is -2.30. The maximum atomic E-state index is 12.1. The molecule has 1 aromatic carbocycles. The Morgan fingerprint density at radius 1 is 1.21 bits per heavy atom. The number of ether oxygens (including phenoxy) is 2. The molecule has 1 atom stereocenters. The van der Waals surface area contributed by atoms with E-state index in [0.29, 0.717) is 21.6 Å². The summed E-state index contributed by atoms with van der Waals surface area (Å²) >= 11 is 11.8. The summed E-state index contributed by atoms with van der Waals surface area (Å²) < 4.78 is 10.0. The molecule has 1 heterocycles. The van der Waals surface area contributed by atoms with Crippen LogP contribution in [0.5, 0.6) is 5.88 Å². The lowest BCUT2D eigenvalue weighted by molar-refractivity contribution is -0.123. The second-order valence-corrected chi connectivity index (χ2v) is 5.59. The lowest BCUT2D eigenvalue weighted by atomic mass is 10.2. The van der Waals surface area contributed by atoms with E-state index in [2.05, 4.69) is 10.3 Å². The Kier molecular flexibility index (Phi) is 6.00. The summed E-state index contributed by atoms with van der Waals surface area (Å²) in [4.78, 5) is 28.0. The monoisotopic (exact) mass is 368 g/mol. The molecule has 0 saturated heterocycles. The van der Waals surface area contributed by atoms with Gasteiger partial charge >= 0.3 is 5.97 Å². The minimum Gasteiger partial charge on any atom is -0.481 e. The molecule has 6 nitrogen and oxygen atoms in total. The number of benzene rings is 1. The zero-order valence-electron chi connectivity index (χ0n) is 12.9. The highest BCUT2D eigenvalue weighted by Gasteiger charge is 2.20. The van der Waals surface area contributed by atoms with Gasteiger partial charge in [-0.3, -0.25) is 4.79 Å². The Hall–Kier alpha value is -2.31. The van der Waals surface area contributed by atoms with Crippen LogP contribution in [0.1, 0.15) is 17.3 Å². The largest absolute Gasteiger partial charge is 0.481 e. The van der Waals surface area contributed by atoms with E-state index in [4.69, 9.17) is 32.7 Å². The molecule has 2 aromatic rings. The SMILES string of the molecule is COc1ccc(C(=O)OC(C)C(=O)Nc2cc(Cl)ccc2Cl)cn1. The summed E-state index contributed by atoms with van der Waals surface area (Å²) in [6.45, 7) is 1.45. The smallest absolute Gasteiger partial charge is 0.340 e. The molecule has 0 aliphatic rings. The quantitative estimate of drug-likeness (QED) is 0.816. The van der Waals surface area contributed by atoms with Gasteiger partial charge in [-0.05, 0) is 31.2 Å². The topological polar surface area (TPSA) is 77.5 Å². The fraction of sp³-hybridized carbons (Fsp3) is 0.188. The number of nitrogens with zero attached hydrogens (tertiary/aromatic N) is 1. The minimum atomic E-state index is -1.03. The van der Waals surface area contributed by atoms with Gasteiger partial charge in [-0.2, -0.15) is 0 Å². The summed E-state index contributed by atoms with van der Waals surface area (Å²) in [6, 6.07) is 7.67. The van der Waals surface area contributed by atoms with Crippen LogP contribution in [0.25, 0.3) is 0 Å². The summed E-state index contributed by atoms with van der Waals surface area (Å²) in [5.74, 6) is -0.841. The van der Waals surface area contributed by atoms with Gasteiger partial charge in [0, 0.05) is 17.3 Å². The van der Waals surface area contributed by atoms with Crippen molar-refractivity contribution >= 4 is 40.8 Å². The van der Waals surface area contributed by atoms with Crippen LogP contribution in [-0.4, -0.2) is 30.1 Å². The molecule has 0 bridgehead atoms. The Bertz CT molecular complexity index is 750. The maximum absolute atomic E-state index is 12.1. The van der Waals surface area contributed by atoms with Crippen LogP contribution in [0.4, 0.5) is 5.69 Å². The predicted molar refractivity (Wildman–Crippen MR) is 90.8 cm³/mol. The Morgan fingerprint density at radius 2 is 1.96 bits per heavy atom. The van der Waals surface area contributed by atoms with Gasteiger partial charge in [-0.25, -0.2) is 9.78 Å². The van der Waals surface area contributed by atoms with E-state index in [0.717, 1.165) is 0 Å². The summed E-state index contributed by atoms with van der Waals surface area (Å²) in [5, 5.41) is 3.30. The molecule has 0 fully saturated rings. The van der Waals surface area contributed by atoms with Crippen molar-refractivity contribution in [3.63, 3.8) is 0 Å². The Morgan fingerprint density at radius 3 is 2.58 bits per heavy atom. The molecule has 2 rings (SSSR count). The van der Waals surface area contributed by atoms with Crippen molar-refractivity contribution in [2.45, 2.75) is 13.0 Å². The molecule has 0 radical (unpaired) electrons. The van der Waals surface area contributed by atoms with Gasteiger partial charge in [0.2, 0.25) is 5.88 Å². The molecule has 0 saturated carbocycles. The number of hydrogen-bond donors (Lipinski definition) is 1. The molecule has 0 aliphatic carbocycles. The number of anilines is 1. The number of carbonyl (C=O) groups excluding carboxylic acids is 2. The normalized spacial score (nSPS) is 11.5. The second-order valence-electron chi connectivity index (χ2n) is 4.75. The average Bonchev–Trinajstić information content (AvgIpc) is 2.58. The molecule has 126 valence electrons. The van der Waals surface area contributed by atoms with Gasteiger partial charge in [0.25, 0.3) is 5.91 Å². The van der Waals surface area contributed by atoms with Crippen molar-refractivity contribution in [1.29, 1.82) is 0 Å². The van der Waals surface area contributed by atoms with Gasteiger partial charge in [0.1, 0.15) is 0 Å². The first kappa shape index (κ1) is 18.0. The molecular weight excluding hydrogens is 355 g/mol. The van der Waals surface area contributed by atoms with Crippen molar-refractivity contribution in [2.75, 3.05) is 12.4 Å². The number of hydrogen-bond acceptors (Lipinski definition) is 5. The van der Waals surface area contributed by atoms with Crippen LogP contribution in [0.3, 0.4) is 0 Å². The molecule has 1 unspecified atom stereocenters. The highest BCUT2D eigenvalue weighted by molar-refractivity contribution is 6.35. The number of carbonyl (C=O) groups is 2. The van der Waals surface area contributed by atoms with Crippen LogP contribution in [0.15, 0.2) is 36.5 Å². The highest BCUT2D eigenvalue weighted by atomic mass is 35.5. The van der Waals surface area contributed by atoms with Crippen molar-refractivity contribution < 1.29 is 19.1 Å². The molecule has 8 heteroatoms. The number of rotatable bonds is 5. The zero-order chi connectivity index (χ0) is 17.7. The fourth-order valence-corrected chi connectivity index (χ4v) is 2.07. The van der Waals surface area contributed by atoms with E-state index in [1.807, 2.05) is 0 Å². The van der Waals surface area contributed by atoms with E-state index < -0.39 is 18.0 Å². The van der Waals surface area contributed by atoms with Crippen molar-refractivity contribution in [2.24, 2.45) is 0 Å². The highest BCUT2D eigenvalue weighted by Crippen LogP contribution is 2.25. The summed E-state index contributed by atoms with van der Waals surface area (Å²) in [6.07, 6.45) is 0.272. The third-order valence-corrected chi connectivity index (χ3v) is 3.59. The first-order valence-corrected chi connectivity index (χ1v) is 7.63. The molecule has 0 spiro atoms. The first-order chi connectivity index (χ1) is 11.4. The Labute approximate surface area is 148 Å². The molecular formula is C16H14Cl2N2O4. The minimum absolute atomic E-state index is 0.205. The average molecular weight is 369 g/mol. The number of nitrogens with one attached hydrogen (secondary N) is 1. The van der Waals surface area contributed by atoms with Crippen LogP contribution >= 0.6 is 23.2 Å².